The lowest BCUT2D eigenvalue weighted by atomic mass is 10.1. The maximum absolute atomic E-state index is 12.6. The van der Waals surface area contributed by atoms with Crippen molar-refractivity contribution in [1.82, 2.24) is 19.7 Å². The summed E-state index contributed by atoms with van der Waals surface area (Å²) in [5.41, 5.74) is 2.07. The van der Waals surface area contributed by atoms with Gasteiger partial charge in [0.2, 0.25) is 5.91 Å². The van der Waals surface area contributed by atoms with E-state index in [9.17, 15) is 4.79 Å². The molecule has 124 valence electrons. The van der Waals surface area contributed by atoms with Crippen LogP contribution >= 0.6 is 23.6 Å². The Hall–Kier alpha value is -2.25. The monoisotopic (exact) mass is 358 g/mol. The summed E-state index contributed by atoms with van der Waals surface area (Å²) in [5.74, 6) is 0.677. The van der Waals surface area contributed by atoms with E-state index in [2.05, 4.69) is 10.2 Å². The van der Waals surface area contributed by atoms with Crippen LogP contribution in [-0.2, 0) is 17.9 Å². The van der Waals surface area contributed by atoms with E-state index in [4.69, 9.17) is 12.2 Å². The van der Waals surface area contributed by atoms with Gasteiger partial charge in [-0.15, -0.1) is 11.3 Å². The van der Waals surface area contributed by atoms with Crippen LogP contribution in [0.3, 0.4) is 0 Å². The number of rotatable bonds is 5. The molecule has 0 aliphatic heterocycles. The summed E-state index contributed by atoms with van der Waals surface area (Å²) >= 11 is 6.94. The zero-order valence-corrected chi connectivity index (χ0v) is 15.2. The van der Waals surface area contributed by atoms with Crippen molar-refractivity contribution < 1.29 is 4.79 Å². The van der Waals surface area contributed by atoms with Crippen molar-refractivity contribution in [2.75, 3.05) is 7.05 Å². The lowest BCUT2D eigenvalue weighted by Crippen LogP contribution is -2.29. The Morgan fingerprint density at radius 2 is 2.21 bits per heavy atom. The maximum Gasteiger partial charge on any atom is 0.242 e. The summed E-state index contributed by atoms with van der Waals surface area (Å²) in [6.45, 7) is 2.79. The number of carbonyl (C=O) groups excluding carboxylic acids is 1. The Kier molecular flexibility index (Phi) is 4.92. The molecule has 0 bridgehead atoms. The van der Waals surface area contributed by atoms with E-state index in [0.717, 1.165) is 16.0 Å². The topological polar surface area (TPSA) is 53.9 Å². The van der Waals surface area contributed by atoms with Gasteiger partial charge in [-0.25, -0.2) is 0 Å². The Morgan fingerprint density at radius 3 is 2.92 bits per heavy atom. The molecular weight excluding hydrogens is 340 g/mol. The van der Waals surface area contributed by atoms with Crippen LogP contribution in [0.1, 0.15) is 10.4 Å². The summed E-state index contributed by atoms with van der Waals surface area (Å²) < 4.78 is 2.20. The number of nitrogens with one attached hydrogen (secondary N) is 1. The van der Waals surface area contributed by atoms with Crippen LogP contribution in [0, 0.1) is 11.7 Å². The van der Waals surface area contributed by atoms with Crippen molar-refractivity contribution in [2.45, 2.75) is 20.0 Å². The molecule has 24 heavy (non-hydrogen) atoms. The summed E-state index contributed by atoms with van der Waals surface area (Å²) in [6.07, 6.45) is 0. The van der Waals surface area contributed by atoms with Gasteiger partial charge in [-0.3, -0.25) is 14.5 Å². The zero-order chi connectivity index (χ0) is 17.1. The predicted molar refractivity (Wildman–Crippen MR) is 98.4 cm³/mol. The van der Waals surface area contributed by atoms with Gasteiger partial charge in [0, 0.05) is 17.5 Å². The largest absolute Gasteiger partial charge is 0.339 e. The normalized spacial score (nSPS) is 10.8. The summed E-state index contributed by atoms with van der Waals surface area (Å²) in [5, 5.41) is 9.09. The number of benzene rings is 1. The van der Waals surface area contributed by atoms with E-state index >= 15 is 0 Å². The van der Waals surface area contributed by atoms with Crippen LogP contribution in [-0.4, -0.2) is 32.6 Å². The fraction of sp³-hybridized carbons (Fsp3) is 0.235. The van der Waals surface area contributed by atoms with Crippen molar-refractivity contribution in [2.24, 2.45) is 0 Å². The lowest BCUT2D eigenvalue weighted by molar-refractivity contribution is -0.131. The number of hydrogen-bond donors (Lipinski definition) is 1. The third kappa shape index (κ3) is 3.63. The molecule has 0 unspecified atom stereocenters. The summed E-state index contributed by atoms with van der Waals surface area (Å²) in [6, 6.07) is 12.0. The predicted octanol–water partition coefficient (Wildman–Crippen LogP) is 3.64. The highest BCUT2D eigenvalue weighted by atomic mass is 32.1. The van der Waals surface area contributed by atoms with Crippen molar-refractivity contribution in [3.8, 4) is 11.4 Å². The first-order valence-electron chi connectivity index (χ1n) is 7.53. The van der Waals surface area contributed by atoms with Gasteiger partial charge in [0.05, 0.1) is 6.54 Å². The first kappa shape index (κ1) is 16.6. The van der Waals surface area contributed by atoms with Gasteiger partial charge >= 0.3 is 0 Å². The first-order valence-corrected chi connectivity index (χ1v) is 8.82. The van der Waals surface area contributed by atoms with Crippen LogP contribution in [0.2, 0.25) is 0 Å². The lowest BCUT2D eigenvalue weighted by Gasteiger charge is -2.17. The van der Waals surface area contributed by atoms with E-state index in [0.29, 0.717) is 17.1 Å². The van der Waals surface area contributed by atoms with Crippen molar-refractivity contribution in [1.29, 1.82) is 0 Å². The molecule has 1 aromatic carbocycles. The Morgan fingerprint density at radius 1 is 1.38 bits per heavy atom. The minimum atomic E-state index is -0.00481. The minimum absolute atomic E-state index is 0.00481. The summed E-state index contributed by atoms with van der Waals surface area (Å²) in [7, 11) is 1.80. The Bertz CT molecular complexity index is 895. The number of aromatic amines is 1. The van der Waals surface area contributed by atoms with E-state index in [1.54, 1.807) is 27.9 Å². The molecule has 0 aliphatic carbocycles. The first-order chi connectivity index (χ1) is 11.5. The van der Waals surface area contributed by atoms with Gasteiger partial charge in [0.1, 0.15) is 6.54 Å². The molecule has 3 rings (SSSR count). The molecule has 0 saturated heterocycles. The summed E-state index contributed by atoms with van der Waals surface area (Å²) in [4.78, 5) is 15.4. The van der Waals surface area contributed by atoms with Gasteiger partial charge < -0.3 is 4.90 Å². The Labute approximate surface area is 149 Å². The van der Waals surface area contributed by atoms with Gasteiger partial charge in [0.25, 0.3) is 0 Å². The van der Waals surface area contributed by atoms with E-state index in [1.165, 1.54) is 0 Å². The van der Waals surface area contributed by atoms with Crippen molar-refractivity contribution in [3.05, 3.63) is 57.0 Å². The Balaban J connectivity index is 1.81. The second-order valence-corrected chi connectivity index (χ2v) is 7.06. The zero-order valence-electron chi connectivity index (χ0n) is 13.5. The number of aromatic nitrogens is 3. The molecule has 1 amide bonds. The maximum atomic E-state index is 12.6. The average molecular weight is 358 g/mol. The molecule has 0 spiro atoms. The standard InChI is InChI=1S/C17H18N4OS2/c1-12-5-3-6-13(9-12)16-18-19-17(23)21(16)11-15(22)20(2)10-14-7-4-8-24-14/h3-9H,10-11H2,1-2H3,(H,19,23). The molecule has 0 aliphatic rings. The number of nitrogens with zero attached hydrogens (tertiary/aromatic N) is 3. The molecule has 2 heterocycles. The number of thiophene rings is 1. The van der Waals surface area contributed by atoms with Gasteiger partial charge in [-0.1, -0.05) is 29.8 Å². The molecule has 3 aromatic rings. The fourth-order valence-electron chi connectivity index (χ4n) is 2.45. The number of amides is 1. The molecule has 0 saturated carbocycles. The quantitative estimate of drug-likeness (QED) is 0.709. The van der Waals surface area contributed by atoms with Crippen molar-refractivity contribution in [3.63, 3.8) is 0 Å². The minimum Gasteiger partial charge on any atom is -0.339 e. The number of likely N-dealkylation sites (N-methyl/N-ethyl adjacent to an activating group) is 1. The van der Waals surface area contributed by atoms with Crippen LogP contribution in [0.5, 0.6) is 0 Å². The molecule has 0 radical (unpaired) electrons. The van der Waals surface area contributed by atoms with Crippen molar-refractivity contribution >= 4 is 29.5 Å². The second kappa shape index (κ2) is 7.11. The van der Waals surface area contributed by atoms with Crippen LogP contribution in [0.4, 0.5) is 0 Å². The number of H-pyrrole nitrogens is 1. The molecule has 7 heteroatoms. The van der Waals surface area contributed by atoms with E-state index in [-0.39, 0.29) is 12.5 Å². The molecule has 0 atom stereocenters. The highest BCUT2D eigenvalue weighted by Crippen LogP contribution is 2.19. The van der Waals surface area contributed by atoms with Crippen LogP contribution in [0.15, 0.2) is 41.8 Å². The molecule has 1 N–H and O–H groups in total. The SMILES string of the molecule is Cc1cccc(-c2n[nH]c(=S)n2CC(=O)N(C)Cc2cccs2)c1. The molecule has 5 nitrogen and oxygen atoms in total. The van der Waals surface area contributed by atoms with Gasteiger partial charge in [-0.2, -0.15) is 5.10 Å². The number of hydrogen-bond acceptors (Lipinski definition) is 4. The molecule has 2 aromatic heterocycles. The van der Waals surface area contributed by atoms with Gasteiger partial charge in [0.15, 0.2) is 10.6 Å². The smallest absolute Gasteiger partial charge is 0.242 e. The third-order valence-electron chi connectivity index (χ3n) is 3.73. The third-order valence-corrected chi connectivity index (χ3v) is 4.90. The van der Waals surface area contributed by atoms with Crippen LogP contribution < -0.4 is 0 Å². The number of carbonyl (C=O) groups is 1. The van der Waals surface area contributed by atoms with Crippen LogP contribution in [0.25, 0.3) is 11.4 Å². The average Bonchev–Trinajstić information content (AvgIpc) is 3.18. The van der Waals surface area contributed by atoms with E-state index < -0.39 is 0 Å². The highest BCUT2D eigenvalue weighted by Gasteiger charge is 2.15. The molecular formula is C17H18N4OS2. The second-order valence-electron chi connectivity index (χ2n) is 5.64. The van der Waals surface area contributed by atoms with Gasteiger partial charge in [-0.05, 0) is 36.7 Å². The molecule has 0 fully saturated rings. The fourth-order valence-corrected chi connectivity index (χ4v) is 3.40. The highest BCUT2D eigenvalue weighted by molar-refractivity contribution is 7.71. The van der Waals surface area contributed by atoms with E-state index in [1.807, 2.05) is 48.7 Å². The number of aryl methyl sites for hydroxylation is 1.